The minimum atomic E-state index is -2.86. The van der Waals surface area contributed by atoms with Crippen molar-refractivity contribution in [3.63, 3.8) is 0 Å². The van der Waals surface area contributed by atoms with Crippen LogP contribution < -0.4 is 5.73 Å². The molecule has 0 radical (unpaired) electrons. The Kier molecular flexibility index (Phi) is 4.23. The van der Waals surface area contributed by atoms with Crippen molar-refractivity contribution in [2.45, 2.75) is 19.5 Å². The molecule has 1 aromatic rings. The molecule has 1 atom stereocenters. The van der Waals surface area contributed by atoms with Gasteiger partial charge in [0.25, 0.3) is 0 Å². The Balaban J connectivity index is 2.09. The zero-order valence-corrected chi connectivity index (χ0v) is 12.5. The largest absolute Gasteiger partial charge is 0.389 e. The molecule has 0 bridgehead atoms. The van der Waals surface area contributed by atoms with Crippen LogP contribution in [0.25, 0.3) is 0 Å². The second-order valence-electron chi connectivity index (χ2n) is 5.00. The minimum absolute atomic E-state index is 0.0484. The summed E-state index contributed by atoms with van der Waals surface area (Å²) in [6.45, 7) is 3.27. The topological polar surface area (TPSA) is 63.4 Å². The molecule has 6 heteroatoms. The Morgan fingerprint density at radius 3 is 2.89 bits per heavy atom. The van der Waals surface area contributed by atoms with E-state index < -0.39 is 9.84 Å². The number of sulfone groups is 1. The lowest BCUT2D eigenvalue weighted by Crippen LogP contribution is -2.46. The van der Waals surface area contributed by atoms with E-state index in [2.05, 4.69) is 4.90 Å². The van der Waals surface area contributed by atoms with Crippen LogP contribution in [-0.4, -0.2) is 42.4 Å². The van der Waals surface area contributed by atoms with Gasteiger partial charge < -0.3 is 5.73 Å². The van der Waals surface area contributed by atoms with Crippen molar-refractivity contribution in [3.05, 3.63) is 35.4 Å². The van der Waals surface area contributed by atoms with Crippen molar-refractivity contribution in [2.24, 2.45) is 5.73 Å². The van der Waals surface area contributed by atoms with E-state index in [9.17, 15) is 8.42 Å². The summed E-state index contributed by atoms with van der Waals surface area (Å²) >= 11 is 4.96. The standard InChI is InChI=1S/C13H18N2O2S2/c1-10-9-19(16,17)6-5-15(10)8-11-3-2-4-12(7-11)13(14)18/h2-4,7,10H,5-6,8-9H2,1H3,(H2,14,18). The van der Waals surface area contributed by atoms with Gasteiger partial charge >= 0.3 is 0 Å². The molecule has 1 saturated heterocycles. The van der Waals surface area contributed by atoms with Gasteiger partial charge in [-0.2, -0.15) is 0 Å². The average molecular weight is 298 g/mol. The summed E-state index contributed by atoms with van der Waals surface area (Å²) < 4.78 is 23.1. The smallest absolute Gasteiger partial charge is 0.153 e. The zero-order valence-electron chi connectivity index (χ0n) is 10.9. The Labute approximate surface area is 119 Å². The van der Waals surface area contributed by atoms with Gasteiger partial charge in [0.05, 0.1) is 11.5 Å². The molecule has 19 heavy (non-hydrogen) atoms. The van der Waals surface area contributed by atoms with E-state index in [-0.39, 0.29) is 17.5 Å². The van der Waals surface area contributed by atoms with Crippen molar-refractivity contribution in [3.8, 4) is 0 Å². The van der Waals surface area contributed by atoms with Crippen LogP contribution in [0.2, 0.25) is 0 Å². The highest BCUT2D eigenvalue weighted by Crippen LogP contribution is 2.16. The van der Waals surface area contributed by atoms with Crippen LogP contribution in [0.4, 0.5) is 0 Å². The maximum Gasteiger partial charge on any atom is 0.153 e. The normalized spacial score (nSPS) is 23.1. The molecule has 2 N–H and O–H groups in total. The van der Waals surface area contributed by atoms with E-state index in [4.69, 9.17) is 18.0 Å². The summed E-state index contributed by atoms with van der Waals surface area (Å²) in [6.07, 6.45) is 0. The lowest BCUT2D eigenvalue weighted by Gasteiger charge is -2.33. The van der Waals surface area contributed by atoms with Crippen LogP contribution in [0.1, 0.15) is 18.1 Å². The van der Waals surface area contributed by atoms with Crippen molar-refractivity contribution in [2.75, 3.05) is 18.1 Å². The third kappa shape index (κ3) is 3.75. The van der Waals surface area contributed by atoms with Crippen LogP contribution in [0.15, 0.2) is 24.3 Å². The van der Waals surface area contributed by atoms with E-state index in [1.165, 1.54) is 0 Å². The fourth-order valence-corrected chi connectivity index (χ4v) is 4.08. The van der Waals surface area contributed by atoms with Crippen LogP contribution in [0, 0.1) is 0 Å². The molecule has 1 aliphatic rings. The van der Waals surface area contributed by atoms with Crippen molar-refractivity contribution < 1.29 is 8.42 Å². The first-order valence-electron chi connectivity index (χ1n) is 6.20. The van der Waals surface area contributed by atoms with Gasteiger partial charge in [0.2, 0.25) is 0 Å². The molecule has 1 heterocycles. The fourth-order valence-electron chi connectivity index (χ4n) is 2.33. The first-order valence-corrected chi connectivity index (χ1v) is 8.43. The lowest BCUT2D eigenvalue weighted by molar-refractivity contribution is 0.218. The van der Waals surface area contributed by atoms with Crippen molar-refractivity contribution >= 4 is 27.0 Å². The van der Waals surface area contributed by atoms with Gasteiger partial charge in [-0.1, -0.05) is 30.4 Å². The second-order valence-corrected chi connectivity index (χ2v) is 7.67. The Bertz CT molecular complexity index is 584. The van der Waals surface area contributed by atoms with Crippen LogP contribution in [0.3, 0.4) is 0 Å². The van der Waals surface area contributed by atoms with E-state index >= 15 is 0 Å². The molecule has 104 valence electrons. The van der Waals surface area contributed by atoms with Crippen LogP contribution in [-0.2, 0) is 16.4 Å². The second kappa shape index (κ2) is 5.56. The number of nitrogens with zero attached hydrogens (tertiary/aromatic N) is 1. The molecule has 0 amide bonds. The maximum atomic E-state index is 11.5. The highest BCUT2D eigenvalue weighted by molar-refractivity contribution is 7.91. The Hall–Kier alpha value is -0.980. The van der Waals surface area contributed by atoms with Crippen molar-refractivity contribution in [1.82, 2.24) is 4.90 Å². The Morgan fingerprint density at radius 2 is 2.26 bits per heavy atom. The van der Waals surface area contributed by atoms with Gasteiger partial charge in [0.1, 0.15) is 4.99 Å². The summed E-state index contributed by atoms with van der Waals surface area (Å²) in [5.41, 5.74) is 7.58. The molecule has 4 nitrogen and oxygen atoms in total. The third-order valence-corrected chi connectivity index (χ3v) is 5.44. The number of rotatable bonds is 3. The molecule has 2 rings (SSSR count). The molecule has 0 spiro atoms. The first kappa shape index (κ1) is 14.4. The summed E-state index contributed by atoms with van der Waals surface area (Å²) in [5.74, 6) is 0.480. The SMILES string of the molecule is CC1CS(=O)(=O)CCN1Cc1cccc(C(N)=S)c1. The first-order chi connectivity index (χ1) is 8.87. The molecular formula is C13H18N2O2S2. The van der Waals surface area contributed by atoms with Gasteiger partial charge in [0, 0.05) is 24.7 Å². The van der Waals surface area contributed by atoms with Crippen LogP contribution >= 0.6 is 12.2 Å². The van der Waals surface area contributed by atoms with Gasteiger partial charge in [-0.15, -0.1) is 0 Å². The summed E-state index contributed by atoms with van der Waals surface area (Å²) in [5, 5.41) is 0. The fraction of sp³-hybridized carbons (Fsp3) is 0.462. The van der Waals surface area contributed by atoms with E-state index in [0.717, 1.165) is 17.7 Å². The van der Waals surface area contributed by atoms with Gasteiger partial charge in [-0.05, 0) is 18.6 Å². The summed E-state index contributed by atoms with van der Waals surface area (Å²) in [7, 11) is -2.86. The van der Waals surface area contributed by atoms with E-state index in [1.54, 1.807) is 0 Å². The zero-order chi connectivity index (χ0) is 14.0. The van der Waals surface area contributed by atoms with Gasteiger partial charge in [0.15, 0.2) is 9.84 Å². The lowest BCUT2D eigenvalue weighted by atomic mass is 10.1. The number of hydrogen-bond acceptors (Lipinski definition) is 4. The highest BCUT2D eigenvalue weighted by Gasteiger charge is 2.27. The molecule has 1 aliphatic heterocycles. The van der Waals surface area contributed by atoms with Gasteiger partial charge in [-0.25, -0.2) is 8.42 Å². The van der Waals surface area contributed by atoms with E-state index in [0.29, 0.717) is 11.5 Å². The predicted molar refractivity (Wildman–Crippen MR) is 80.9 cm³/mol. The minimum Gasteiger partial charge on any atom is -0.389 e. The number of thiocarbonyl (C=S) groups is 1. The molecule has 1 unspecified atom stereocenters. The summed E-state index contributed by atoms with van der Waals surface area (Å²) in [6, 6.07) is 7.84. The van der Waals surface area contributed by atoms with Gasteiger partial charge in [-0.3, -0.25) is 4.90 Å². The molecule has 1 fully saturated rings. The number of hydrogen-bond donors (Lipinski definition) is 1. The highest BCUT2D eigenvalue weighted by atomic mass is 32.2. The Morgan fingerprint density at radius 1 is 1.53 bits per heavy atom. The number of benzene rings is 1. The van der Waals surface area contributed by atoms with Crippen molar-refractivity contribution in [1.29, 1.82) is 0 Å². The van der Waals surface area contributed by atoms with E-state index in [1.807, 2.05) is 31.2 Å². The average Bonchev–Trinajstić information content (AvgIpc) is 2.32. The number of nitrogens with two attached hydrogens (primary N) is 1. The third-order valence-electron chi connectivity index (χ3n) is 3.41. The molecule has 1 aromatic carbocycles. The monoisotopic (exact) mass is 298 g/mol. The molecule has 0 saturated carbocycles. The molecule has 0 aromatic heterocycles. The molecular weight excluding hydrogens is 280 g/mol. The quantitative estimate of drug-likeness (QED) is 0.842. The predicted octanol–water partition coefficient (Wildman–Crippen LogP) is 0.940. The maximum absolute atomic E-state index is 11.5. The van der Waals surface area contributed by atoms with Crippen LogP contribution in [0.5, 0.6) is 0 Å². The summed E-state index contributed by atoms with van der Waals surface area (Å²) in [4.78, 5) is 2.57. The molecule has 0 aliphatic carbocycles.